The molecule has 38 heavy (non-hydrogen) atoms. The quantitative estimate of drug-likeness (QED) is 0.373. The van der Waals surface area contributed by atoms with Gasteiger partial charge in [0.1, 0.15) is 5.82 Å². The number of benzene rings is 1. The minimum Gasteiger partial charge on any atom is -0.378 e. The number of hydrogen-bond acceptors (Lipinski definition) is 6. The molecule has 6 rings (SSSR count). The highest BCUT2D eigenvalue weighted by Crippen LogP contribution is 2.31. The molecule has 1 fully saturated rings. The Morgan fingerprint density at radius 2 is 1.79 bits per heavy atom. The summed E-state index contributed by atoms with van der Waals surface area (Å²) in [6, 6.07) is 15.0. The zero-order valence-electron chi connectivity index (χ0n) is 20.8. The van der Waals surface area contributed by atoms with Gasteiger partial charge in [0, 0.05) is 85.3 Å². The Labute approximate surface area is 224 Å². The molecule has 5 heterocycles. The molecular formula is C28H26ClN7O2. The van der Waals surface area contributed by atoms with E-state index in [9.17, 15) is 9.90 Å². The number of aromatic nitrogens is 5. The fourth-order valence-corrected chi connectivity index (χ4v) is 5.07. The summed E-state index contributed by atoms with van der Waals surface area (Å²) in [5.41, 5.74) is 5.56. The summed E-state index contributed by atoms with van der Waals surface area (Å²) in [6.07, 6.45) is 8.27. The standard InChI is InChI=1S/C28H26ClN7O2/c1-33-17-22(16-32-33)21-14-24(25-7-8-31-36(25)18-21)20-5-6-26(30-15-20)34-9-11-35(12-10-34)28(38)27(37)19-3-2-4-23(29)13-19/h2-8,13-18,27,37H,9-12H2,1H3/t27-/m1/s1. The first kappa shape index (κ1) is 24.1. The number of hydrogen-bond donors (Lipinski definition) is 1. The van der Waals surface area contributed by atoms with E-state index in [1.165, 1.54) is 0 Å². The van der Waals surface area contributed by atoms with Gasteiger partial charge in [0.05, 0.1) is 11.7 Å². The lowest BCUT2D eigenvalue weighted by Gasteiger charge is -2.36. The molecule has 1 amide bonds. The van der Waals surface area contributed by atoms with Crippen LogP contribution in [0.25, 0.3) is 27.8 Å². The van der Waals surface area contributed by atoms with Crippen LogP contribution in [0.5, 0.6) is 0 Å². The minimum atomic E-state index is -1.22. The molecule has 0 aliphatic carbocycles. The predicted molar refractivity (Wildman–Crippen MR) is 146 cm³/mol. The second-order valence-electron chi connectivity index (χ2n) is 9.38. The number of aryl methyl sites for hydroxylation is 1. The number of anilines is 1. The molecule has 10 heteroatoms. The zero-order valence-corrected chi connectivity index (χ0v) is 21.5. The average Bonchev–Trinajstić information content (AvgIpc) is 3.61. The van der Waals surface area contributed by atoms with Gasteiger partial charge in [-0.25, -0.2) is 9.50 Å². The third kappa shape index (κ3) is 4.62. The highest BCUT2D eigenvalue weighted by atomic mass is 35.5. The van der Waals surface area contributed by atoms with Gasteiger partial charge in [-0.05, 0) is 42.0 Å². The second kappa shape index (κ2) is 9.92. The van der Waals surface area contributed by atoms with Crippen LogP contribution >= 0.6 is 11.6 Å². The number of fused-ring (bicyclic) bond motifs is 1. The van der Waals surface area contributed by atoms with Gasteiger partial charge in [-0.2, -0.15) is 10.2 Å². The topological polar surface area (TPSA) is 91.8 Å². The third-order valence-electron chi connectivity index (χ3n) is 6.92. The number of halogens is 1. The maximum Gasteiger partial charge on any atom is 0.256 e. The molecular weight excluding hydrogens is 502 g/mol. The first-order chi connectivity index (χ1) is 18.5. The van der Waals surface area contributed by atoms with Gasteiger partial charge in [-0.3, -0.25) is 9.48 Å². The average molecular weight is 528 g/mol. The summed E-state index contributed by atoms with van der Waals surface area (Å²) in [4.78, 5) is 21.5. The molecule has 1 saturated heterocycles. The second-order valence-corrected chi connectivity index (χ2v) is 9.82. The van der Waals surface area contributed by atoms with Crippen LogP contribution in [0.4, 0.5) is 5.82 Å². The molecule has 9 nitrogen and oxygen atoms in total. The third-order valence-corrected chi connectivity index (χ3v) is 7.15. The summed E-state index contributed by atoms with van der Waals surface area (Å²) in [7, 11) is 1.90. The molecule has 1 atom stereocenters. The number of carbonyl (C=O) groups is 1. The van der Waals surface area contributed by atoms with E-state index in [4.69, 9.17) is 16.6 Å². The molecule has 1 N–H and O–H groups in total. The molecule has 0 bridgehead atoms. The van der Waals surface area contributed by atoms with E-state index in [1.807, 2.05) is 48.5 Å². The normalized spacial score (nSPS) is 14.7. The number of carbonyl (C=O) groups excluding carboxylic acids is 1. The summed E-state index contributed by atoms with van der Waals surface area (Å²) in [5.74, 6) is 0.540. The van der Waals surface area contributed by atoms with Gasteiger partial charge in [-0.15, -0.1) is 0 Å². The van der Waals surface area contributed by atoms with Crippen LogP contribution in [-0.4, -0.2) is 66.5 Å². The van der Waals surface area contributed by atoms with E-state index in [1.54, 1.807) is 40.0 Å². The lowest BCUT2D eigenvalue weighted by Crippen LogP contribution is -2.50. The maximum atomic E-state index is 12.9. The van der Waals surface area contributed by atoms with Crippen LogP contribution < -0.4 is 4.90 Å². The molecule has 1 aliphatic rings. The van der Waals surface area contributed by atoms with E-state index in [0.29, 0.717) is 36.8 Å². The van der Waals surface area contributed by atoms with Crippen molar-refractivity contribution in [2.75, 3.05) is 31.1 Å². The van der Waals surface area contributed by atoms with Crippen molar-refractivity contribution in [2.45, 2.75) is 6.10 Å². The molecule has 0 radical (unpaired) electrons. The zero-order chi connectivity index (χ0) is 26.2. The Bertz CT molecular complexity index is 1600. The first-order valence-electron chi connectivity index (χ1n) is 12.4. The summed E-state index contributed by atoms with van der Waals surface area (Å²) < 4.78 is 3.66. The Balaban J connectivity index is 1.17. The summed E-state index contributed by atoms with van der Waals surface area (Å²) in [5, 5.41) is 19.8. The molecule has 0 spiro atoms. The maximum absolute atomic E-state index is 12.9. The van der Waals surface area contributed by atoms with E-state index in [-0.39, 0.29) is 5.91 Å². The molecule has 1 aliphatic heterocycles. The minimum absolute atomic E-state index is 0.312. The Hall–Kier alpha value is -4.21. The number of piperazine rings is 1. The lowest BCUT2D eigenvalue weighted by atomic mass is 10.0. The molecule has 0 unspecified atom stereocenters. The van der Waals surface area contributed by atoms with E-state index >= 15 is 0 Å². The first-order valence-corrected chi connectivity index (χ1v) is 12.7. The van der Waals surface area contributed by atoms with Gasteiger partial charge in [-0.1, -0.05) is 23.7 Å². The molecule has 5 aromatic rings. The largest absolute Gasteiger partial charge is 0.378 e. The van der Waals surface area contributed by atoms with Crippen LogP contribution in [0.1, 0.15) is 11.7 Å². The van der Waals surface area contributed by atoms with Crippen molar-refractivity contribution >= 4 is 28.8 Å². The molecule has 1 aromatic carbocycles. The van der Waals surface area contributed by atoms with Crippen molar-refractivity contribution in [3.05, 3.63) is 90.1 Å². The molecule has 192 valence electrons. The monoisotopic (exact) mass is 527 g/mol. The molecule has 4 aromatic heterocycles. The fourth-order valence-electron chi connectivity index (χ4n) is 4.87. The van der Waals surface area contributed by atoms with Crippen LogP contribution in [0.2, 0.25) is 5.02 Å². The van der Waals surface area contributed by atoms with Crippen molar-refractivity contribution in [3.63, 3.8) is 0 Å². The SMILES string of the molecule is Cn1cc(-c2cc(-c3ccc(N4CCN(C(=O)[C@H](O)c5cccc(Cl)c5)CC4)nc3)c3ccnn3c2)cn1. The van der Waals surface area contributed by atoms with E-state index in [2.05, 4.69) is 27.2 Å². The number of pyridine rings is 2. The van der Waals surface area contributed by atoms with Gasteiger partial charge in [0.15, 0.2) is 6.10 Å². The van der Waals surface area contributed by atoms with E-state index in [0.717, 1.165) is 33.6 Å². The smallest absolute Gasteiger partial charge is 0.256 e. The van der Waals surface area contributed by atoms with Crippen LogP contribution in [-0.2, 0) is 11.8 Å². The van der Waals surface area contributed by atoms with Crippen LogP contribution in [0, 0.1) is 0 Å². The van der Waals surface area contributed by atoms with Gasteiger partial charge in [0.25, 0.3) is 5.91 Å². The molecule has 0 saturated carbocycles. The highest BCUT2D eigenvalue weighted by Gasteiger charge is 2.27. The van der Waals surface area contributed by atoms with Crippen molar-refractivity contribution in [1.29, 1.82) is 0 Å². The van der Waals surface area contributed by atoms with Gasteiger partial charge >= 0.3 is 0 Å². The van der Waals surface area contributed by atoms with Crippen LogP contribution in [0.15, 0.2) is 79.5 Å². The number of amides is 1. The highest BCUT2D eigenvalue weighted by molar-refractivity contribution is 6.30. The summed E-state index contributed by atoms with van der Waals surface area (Å²) in [6.45, 7) is 2.26. The Morgan fingerprint density at radius 1 is 0.947 bits per heavy atom. The number of aliphatic hydroxyl groups excluding tert-OH is 1. The lowest BCUT2D eigenvalue weighted by molar-refractivity contribution is -0.140. The van der Waals surface area contributed by atoms with Crippen molar-refractivity contribution < 1.29 is 9.90 Å². The van der Waals surface area contributed by atoms with Crippen molar-refractivity contribution in [3.8, 4) is 22.3 Å². The number of nitrogens with zero attached hydrogens (tertiary/aromatic N) is 7. The fraction of sp³-hybridized carbons (Fsp3) is 0.214. The van der Waals surface area contributed by atoms with Crippen molar-refractivity contribution in [2.24, 2.45) is 7.05 Å². The van der Waals surface area contributed by atoms with Crippen molar-refractivity contribution in [1.82, 2.24) is 29.3 Å². The Kier molecular flexibility index (Phi) is 6.30. The van der Waals surface area contributed by atoms with Crippen LogP contribution in [0.3, 0.4) is 0 Å². The summed E-state index contributed by atoms with van der Waals surface area (Å²) >= 11 is 6.02. The van der Waals surface area contributed by atoms with Gasteiger partial charge in [0.2, 0.25) is 0 Å². The predicted octanol–water partition coefficient (Wildman–Crippen LogP) is 3.83. The number of aliphatic hydroxyl groups is 1. The Morgan fingerprint density at radius 3 is 2.50 bits per heavy atom. The number of rotatable bonds is 5. The van der Waals surface area contributed by atoms with Gasteiger partial charge < -0.3 is 14.9 Å². The van der Waals surface area contributed by atoms with E-state index < -0.39 is 6.10 Å².